The number of Topliss-reactive ketones (excluding diaryl/α,β-unsaturated/α-hetero) is 1. The van der Waals surface area contributed by atoms with Crippen LogP contribution in [0.1, 0.15) is 26.2 Å². The third-order valence-electron chi connectivity index (χ3n) is 1.22. The van der Waals surface area contributed by atoms with Gasteiger partial charge in [-0.25, -0.2) is 0 Å². The van der Waals surface area contributed by atoms with Crippen LogP contribution in [0.25, 0.3) is 0 Å². The first-order chi connectivity index (χ1) is 5.07. The van der Waals surface area contributed by atoms with Crippen LogP contribution in [0, 0.1) is 0 Å². The molecule has 0 fully saturated rings. The maximum Gasteiger partial charge on any atom is 0.310 e. The Labute approximate surface area is 79.3 Å². The van der Waals surface area contributed by atoms with Gasteiger partial charge in [0.15, 0.2) is 5.78 Å². The highest BCUT2D eigenvalue weighted by Crippen LogP contribution is 2.11. The molecular formula is C7H11IO3. The Morgan fingerprint density at radius 1 is 1.55 bits per heavy atom. The fourth-order valence-electron chi connectivity index (χ4n) is 0.674. The van der Waals surface area contributed by atoms with E-state index in [9.17, 15) is 9.59 Å². The van der Waals surface area contributed by atoms with E-state index in [1.807, 2.05) is 29.5 Å². The smallest absolute Gasteiger partial charge is 0.310 e. The standard InChI is InChI=1S/C7H11IO3/c1-2-3-5(8)6(9)4-7(10)11/h5H,2-4H2,1H3,(H,10,11). The summed E-state index contributed by atoms with van der Waals surface area (Å²) in [6.45, 7) is 1.97. The lowest BCUT2D eigenvalue weighted by atomic mass is 10.1. The summed E-state index contributed by atoms with van der Waals surface area (Å²) in [6, 6.07) is 0. The van der Waals surface area contributed by atoms with Crippen LogP contribution in [-0.2, 0) is 9.59 Å². The highest BCUT2D eigenvalue weighted by molar-refractivity contribution is 14.1. The predicted octanol–water partition coefficient (Wildman–Crippen LogP) is 1.63. The van der Waals surface area contributed by atoms with Crippen LogP contribution in [0.4, 0.5) is 0 Å². The lowest BCUT2D eigenvalue weighted by Gasteiger charge is -2.03. The summed E-state index contributed by atoms with van der Waals surface area (Å²) >= 11 is 1.99. The summed E-state index contributed by atoms with van der Waals surface area (Å²) in [7, 11) is 0. The number of aliphatic carboxylic acids is 1. The Morgan fingerprint density at radius 3 is 2.45 bits per heavy atom. The van der Waals surface area contributed by atoms with E-state index >= 15 is 0 Å². The van der Waals surface area contributed by atoms with Gasteiger partial charge in [-0.15, -0.1) is 0 Å². The van der Waals surface area contributed by atoms with Crippen LogP contribution < -0.4 is 0 Å². The number of halogens is 1. The number of rotatable bonds is 5. The molecule has 0 heterocycles. The van der Waals surface area contributed by atoms with E-state index in [-0.39, 0.29) is 16.1 Å². The predicted molar refractivity (Wildman–Crippen MR) is 50.0 cm³/mol. The second-order valence-corrected chi connectivity index (χ2v) is 3.80. The number of hydrogen-bond donors (Lipinski definition) is 1. The van der Waals surface area contributed by atoms with Crippen molar-refractivity contribution in [2.75, 3.05) is 0 Å². The maximum atomic E-state index is 11.0. The van der Waals surface area contributed by atoms with Crippen molar-refractivity contribution in [2.45, 2.75) is 30.1 Å². The van der Waals surface area contributed by atoms with Gasteiger partial charge in [-0.3, -0.25) is 9.59 Å². The number of carboxylic acids is 1. The average molecular weight is 270 g/mol. The average Bonchev–Trinajstić information content (AvgIpc) is 1.86. The summed E-state index contributed by atoms with van der Waals surface area (Å²) < 4.78 is -0.131. The van der Waals surface area contributed by atoms with Gasteiger partial charge in [-0.05, 0) is 6.42 Å². The minimum Gasteiger partial charge on any atom is -0.481 e. The van der Waals surface area contributed by atoms with E-state index in [1.54, 1.807) is 0 Å². The van der Waals surface area contributed by atoms with E-state index in [4.69, 9.17) is 5.11 Å². The number of ketones is 1. The normalized spacial score (nSPS) is 12.5. The minimum atomic E-state index is -1.03. The van der Waals surface area contributed by atoms with Gasteiger partial charge in [0.1, 0.15) is 6.42 Å². The molecule has 0 aliphatic rings. The van der Waals surface area contributed by atoms with Crippen molar-refractivity contribution in [1.82, 2.24) is 0 Å². The Morgan fingerprint density at radius 2 is 2.09 bits per heavy atom. The number of carboxylic acid groups (broad SMARTS) is 1. The van der Waals surface area contributed by atoms with Crippen molar-refractivity contribution >= 4 is 34.3 Å². The topological polar surface area (TPSA) is 54.4 Å². The van der Waals surface area contributed by atoms with Crippen molar-refractivity contribution in [3.05, 3.63) is 0 Å². The van der Waals surface area contributed by atoms with Crippen LogP contribution in [-0.4, -0.2) is 20.8 Å². The molecule has 0 aromatic heterocycles. The monoisotopic (exact) mass is 270 g/mol. The van der Waals surface area contributed by atoms with Gasteiger partial charge in [0.05, 0.1) is 3.92 Å². The Balaban J connectivity index is 3.73. The molecule has 1 unspecified atom stereocenters. The van der Waals surface area contributed by atoms with Gasteiger partial charge < -0.3 is 5.11 Å². The van der Waals surface area contributed by atoms with E-state index in [1.165, 1.54) is 0 Å². The van der Waals surface area contributed by atoms with Gasteiger partial charge in [0.2, 0.25) is 0 Å². The Kier molecular flexibility index (Phi) is 5.45. The van der Waals surface area contributed by atoms with Crippen molar-refractivity contribution in [1.29, 1.82) is 0 Å². The fourth-order valence-corrected chi connectivity index (χ4v) is 1.52. The van der Waals surface area contributed by atoms with E-state index in [2.05, 4.69) is 0 Å². The summed E-state index contributed by atoms with van der Waals surface area (Å²) in [5.74, 6) is -1.22. The van der Waals surface area contributed by atoms with Crippen molar-refractivity contribution in [3.63, 3.8) is 0 Å². The molecule has 1 atom stereocenters. The Bertz CT molecular complexity index is 156. The molecule has 0 saturated carbocycles. The largest absolute Gasteiger partial charge is 0.481 e. The molecule has 0 aliphatic carbocycles. The summed E-state index contributed by atoms with van der Waals surface area (Å²) in [5, 5.41) is 8.28. The van der Waals surface area contributed by atoms with Crippen LogP contribution in [0.5, 0.6) is 0 Å². The third-order valence-corrected chi connectivity index (χ3v) is 2.53. The summed E-state index contributed by atoms with van der Waals surface area (Å²) in [4.78, 5) is 21.0. The molecule has 0 radical (unpaired) electrons. The van der Waals surface area contributed by atoms with E-state index < -0.39 is 5.97 Å². The molecule has 0 rings (SSSR count). The minimum absolute atomic E-state index is 0.131. The molecule has 64 valence electrons. The van der Waals surface area contributed by atoms with Crippen molar-refractivity contribution in [3.8, 4) is 0 Å². The number of alkyl halides is 1. The first-order valence-corrected chi connectivity index (χ1v) is 4.71. The molecule has 0 bridgehead atoms. The lowest BCUT2D eigenvalue weighted by Crippen LogP contribution is -2.17. The molecule has 0 spiro atoms. The zero-order valence-electron chi connectivity index (χ0n) is 6.34. The maximum absolute atomic E-state index is 11.0. The van der Waals surface area contributed by atoms with Gasteiger partial charge in [0.25, 0.3) is 0 Å². The molecule has 4 heteroatoms. The molecule has 3 nitrogen and oxygen atoms in total. The fraction of sp³-hybridized carbons (Fsp3) is 0.714. The molecule has 0 aromatic rings. The molecule has 0 aromatic carbocycles. The molecule has 1 N–H and O–H groups in total. The van der Waals surface area contributed by atoms with Crippen molar-refractivity contribution in [2.24, 2.45) is 0 Å². The SMILES string of the molecule is CCCC(I)C(=O)CC(=O)O. The quantitative estimate of drug-likeness (QED) is 0.469. The summed E-state index contributed by atoms with van der Waals surface area (Å²) in [5.41, 5.74) is 0. The van der Waals surface area contributed by atoms with Gasteiger partial charge in [-0.1, -0.05) is 35.9 Å². The lowest BCUT2D eigenvalue weighted by molar-refractivity contribution is -0.140. The molecular weight excluding hydrogens is 259 g/mol. The second-order valence-electron chi connectivity index (χ2n) is 2.29. The van der Waals surface area contributed by atoms with E-state index in [0.717, 1.165) is 12.8 Å². The van der Waals surface area contributed by atoms with Gasteiger partial charge in [0, 0.05) is 0 Å². The molecule has 0 saturated heterocycles. The van der Waals surface area contributed by atoms with E-state index in [0.29, 0.717) is 0 Å². The highest BCUT2D eigenvalue weighted by atomic mass is 127. The van der Waals surface area contributed by atoms with Crippen LogP contribution >= 0.6 is 22.6 Å². The third kappa shape index (κ3) is 5.17. The van der Waals surface area contributed by atoms with Crippen LogP contribution in [0.3, 0.4) is 0 Å². The molecule has 11 heavy (non-hydrogen) atoms. The molecule has 0 aliphatic heterocycles. The zero-order valence-corrected chi connectivity index (χ0v) is 8.50. The molecule has 0 amide bonds. The van der Waals surface area contributed by atoms with Gasteiger partial charge >= 0.3 is 5.97 Å². The highest BCUT2D eigenvalue weighted by Gasteiger charge is 2.16. The first kappa shape index (κ1) is 10.9. The first-order valence-electron chi connectivity index (χ1n) is 3.46. The van der Waals surface area contributed by atoms with Crippen molar-refractivity contribution < 1.29 is 14.7 Å². The second kappa shape index (κ2) is 5.51. The van der Waals surface area contributed by atoms with Crippen LogP contribution in [0.2, 0.25) is 0 Å². The number of carbonyl (C=O) groups is 2. The van der Waals surface area contributed by atoms with Gasteiger partial charge in [-0.2, -0.15) is 0 Å². The number of hydrogen-bond acceptors (Lipinski definition) is 2. The summed E-state index contributed by atoms with van der Waals surface area (Å²) in [6.07, 6.45) is 1.35. The number of carbonyl (C=O) groups excluding carboxylic acids is 1. The zero-order chi connectivity index (χ0) is 8.85. The Hall–Kier alpha value is -0.130. The van der Waals surface area contributed by atoms with Crippen LogP contribution in [0.15, 0.2) is 0 Å².